The van der Waals surface area contributed by atoms with Gasteiger partial charge in [0.05, 0.1) is 6.20 Å². The van der Waals surface area contributed by atoms with E-state index in [0.717, 1.165) is 25.7 Å². The Morgan fingerprint density at radius 1 is 1.53 bits per heavy atom. The Balaban J connectivity index is 2.34. The summed E-state index contributed by atoms with van der Waals surface area (Å²) in [5, 5.41) is 8.88. The third kappa shape index (κ3) is 2.69. The number of nitriles is 1. The summed E-state index contributed by atoms with van der Waals surface area (Å²) in [7, 11) is 0. The molecule has 0 radical (unpaired) electrons. The van der Waals surface area contributed by atoms with Crippen molar-refractivity contribution in [2.24, 2.45) is 5.92 Å². The number of nitrogens with zero attached hydrogens (tertiary/aromatic N) is 3. The van der Waals surface area contributed by atoms with Gasteiger partial charge in [-0.15, -0.1) is 0 Å². The molecule has 2 N–H and O–H groups in total. The molecule has 102 valence electrons. The highest BCUT2D eigenvalue weighted by Crippen LogP contribution is 2.41. The molecule has 2 rings (SSSR count). The summed E-state index contributed by atoms with van der Waals surface area (Å²) >= 11 is 0. The molecule has 0 spiro atoms. The molecule has 19 heavy (non-hydrogen) atoms. The summed E-state index contributed by atoms with van der Waals surface area (Å²) in [4.78, 5) is 8.61. The monoisotopic (exact) mass is 260 g/mol. The average Bonchev–Trinajstić information content (AvgIpc) is 2.42. The number of hydrogen-bond donors (Lipinski definition) is 1. The lowest BCUT2D eigenvalue weighted by Crippen LogP contribution is -2.36. The second-order valence-corrected chi connectivity index (χ2v) is 5.21. The third-order valence-corrected chi connectivity index (χ3v) is 3.85. The first-order valence-electron chi connectivity index (χ1n) is 6.78. The minimum Gasteiger partial charge on any atom is -0.382 e. The second kappa shape index (κ2) is 5.54. The zero-order valence-electron chi connectivity index (χ0n) is 11.5. The maximum atomic E-state index is 8.88. The largest absolute Gasteiger partial charge is 0.382 e. The molecule has 5 nitrogen and oxygen atoms in total. The number of rotatable bonds is 3. The van der Waals surface area contributed by atoms with Crippen LogP contribution in [-0.2, 0) is 10.3 Å². The molecule has 0 unspecified atom stereocenters. The quantitative estimate of drug-likeness (QED) is 0.901. The first kappa shape index (κ1) is 13.8. The molecule has 1 aliphatic carbocycles. The molecule has 5 heteroatoms. The Morgan fingerprint density at radius 3 is 2.74 bits per heavy atom. The van der Waals surface area contributed by atoms with Gasteiger partial charge in [0.15, 0.2) is 5.82 Å². The van der Waals surface area contributed by atoms with Crippen LogP contribution >= 0.6 is 0 Å². The van der Waals surface area contributed by atoms with Crippen LogP contribution in [0.3, 0.4) is 0 Å². The maximum Gasteiger partial charge on any atom is 0.162 e. The molecule has 1 aromatic heterocycles. The first-order chi connectivity index (χ1) is 9.11. The van der Waals surface area contributed by atoms with E-state index < -0.39 is 5.60 Å². The van der Waals surface area contributed by atoms with Gasteiger partial charge in [-0.25, -0.2) is 9.97 Å². The highest BCUT2D eigenvalue weighted by atomic mass is 16.5. The Labute approximate surface area is 113 Å². The molecular formula is C14H20N4O. The molecule has 0 bridgehead atoms. The fourth-order valence-corrected chi connectivity index (χ4v) is 2.64. The topological polar surface area (TPSA) is 84.8 Å². The van der Waals surface area contributed by atoms with E-state index >= 15 is 0 Å². The smallest absolute Gasteiger partial charge is 0.162 e. The lowest BCUT2D eigenvalue weighted by atomic mass is 9.79. The summed E-state index contributed by atoms with van der Waals surface area (Å²) in [5.74, 6) is 1.58. The Morgan fingerprint density at radius 2 is 2.21 bits per heavy atom. The van der Waals surface area contributed by atoms with Gasteiger partial charge in [0.2, 0.25) is 0 Å². The van der Waals surface area contributed by atoms with Crippen LogP contribution in [0.25, 0.3) is 0 Å². The summed E-state index contributed by atoms with van der Waals surface area (Å²) in [6.45, 7) is 4.86. The number of hydrogen-bond acceptors (Lipinski definition) is 5. The van der Waals surface area contributed by atoms with Gasteiger partial charge in [0.25, 0.3) is 0 Å². The molecule has 1 fully saturated rings. The van der Waals surface area contributed by atoms with Gasteiger partial charge in [-0.1, -0.05) is 6.92 Å². The van der Waals surface area contributed by atoms with Crippen molar-refractivity contribution < 1.29 is 4.74 Å². The standard InChI is InChI=1S/C14H20N4O/c1-3-19-14(6-4-10(2)5-7-14)13-17-9-11(8-15)12(16)18-13/h9-10H,3-7H2,1-2H3,(H2,16,17,18). The number of aromatic nitrogens is 2. The van der Waals surface area contributed by atoms with Crippen LogP contribution in [0.15, 0.2) is 6.20 Å². The molecule has 1 saturated carbocycles. The summed E-state index contributed by atoms with van der Waals surface area (Å²) in [6, 6.07) is 1.99. The van der Waals surface area contributed by atoms with Crippen LogP contribution in [0.4, 0.5) is 5.82 Å². The second-order valence-electron chi connectivity index (χ2n) is 5.21. The van der Waals surface area contributed by atoms with E-state index in [-0.39, 0.29) is 5.82 Å². The van der Waals surface area contributed by atoms with E-state index in [2.05, 4.69) is 16.9 Å². The number of ether oxygens (including phenoxy) is 1. The summed E-state index contributed by atoms with van der Waals surface area (Å²) in [5.41, 5.74) is 5.68. The lowest BCUT2D eigenvalue weighted by Gasteiger charge is -2.37. The number of nitrogens with two attached hydrogens (primary N) is 1. The zero-order chi connectivity index (χ0) is 13.9. The Kier molecular flexibility index (Phi) is 4.01. The van der Waals surface area contributed by atoms with Crippen molar-refractivity contribution in [2.45, 2.75) is 45.1 Å². The number of nitrogen functional groups attached to an aromatic ring is 1. The van der Waals surface area contributed by atoms with Crippen molar-refractivity contribution in [1.29, 1.82) is 5.26 Å². The fraction of sp³-hybridized carbons (Fsp3) is 0.643. The highest BCUT2D eigenvalue weighted by molar-refractivity contribution is 5.46. The molecule has 0 amide bonds. The predicted octanol–water partition coefficient (Wildman–Crippen LogP) is 2.37. The van der Waals surface area contributed by atoms with Crippen LogP contribution in [0.2, 0.25) is 0 Å². The van der Waals surface area contributed by atoms with Gasteiger partial charge in [-0.2, -0.15) is 5.26 Å². The fourth-order valence-electron chi connectivity index (χ4n) is 2.64. The van der Waals surface area contributed by atoms with Gasteiger partial charge in [-0.05, 0) is 38.5 Å². The van der Waals surface area contributed by atoms with Crippen LogP contribution in [-0.4, -0.2) is 16.6 Å². The van der Waals surface area contributed by atoms with Crippen LogP contribution in [0.5, 0.6) is 0 Å². The molecule has 1 aliphatic rings. The minimum atomic E-state index is -0.427. The molecular weight excluding hydrogens is 240 g/mol. The number of anilines is 1. The van der Waals surface area contributed by atoms with Crippen molar-refractivity contribution in [3.05, 3.63) is 17.6 Å². The normalized spacial score (nSPS) is 26.9. The zero-order valence-corrected chi connectivity index (χ0v) is 11.5. The third-order valence-electron chi connectivity index (χ3n) is 3.85. The van der Waals surface area contributed by atoms with E-state index in [0.29, 0.717) is 23.9 Å². The van der Waals surface area contributed by atoms with Gasteiger partial charge >= 0.3 is 0 Å². The van der Waals surface area contributed by atoms with Gasteiger partial charge in [-0.3, -0.25) is 0 Å². The molecule has 1 aromatic rings. The summed E-state index contributed by atoms with van der Waals surface area (Å²) in [6.07, 6.45) is 5.52. The van der Waals surface area contributed by atoms with Crippen molar-refractivity contribution in [2.75, 3.05) is 12.3 Å². The highest BCUT2D eigenvalue weighted by Gasteiger charge is 2.39. The predicted molar refractivity (Wildman–Crippen MR) is 72.1 cm³/mol. The van der Waals surface area contributed by atoms with Crippen molar-refractivity contribution in [3.63, 3.8) is 0 Å². The van der Waals surface area contributed by atoms with Crippen molar-refractivity contribution in [1.82, 2.24) is 9.97 Å². The van der Waals surface area contributed by atoms with Crippen molar-refractivity contribution in [3.8, 4) is 6.07 Å². The van der Waals surface area contributed by atoms with E-state index in [1.165, 1.54) is 6.20 Å². The van der Waals surface area contributed by atoms with E-state index in [1.807, 2.05) is 13.0 Å². The van der Waals surface area contributed by atoms with Crippen LogP contribution < -0.4 is 5.73 Å². The average molecular weight is 260 g/mol. The molecule has 1 heterocycles. The van der Waals surface area contributed by atoms with Crippen molar-refractivity contribution >= 4 is 5.82 Å². The Hall–Kier alpha value is -1.67. The lowest BCUT2D eigenvalue weighted by molar-refractivity contribution is -0.0836. The van der Waals surface area contributed by atoms with Gasteiger partial charge < -0.3 is 10.5 Å². The maximum absolute atomic E-state index is 8.88. The SMILES string of the molecule is CCOC1(c2ncc(C#N)c(N)n2)CCC(C)CC1. The van der Waals surface area contributed by atoms with Crippen LogP contribution in [0, 0.1) is 17.2 Å². The first-order valence-corrected chi connectivity index (χ1v) is 6.78. The van der Waals surface area contributed by atoms with Gasteiger partial charge in [0, 0.05) is 6.61 Å². The molecule has 0 aliphatic heterocycles. The van der Waals surface area contributed by atoms with Crippen LogP contribution in [0.1, 0.15) is 50.9 Å². The van der Waals surface area contributed by atoms with Gasteiger partial charge in [0.1, 0.15) is 23.1 Å². The van der Waals surface area contributed by atoms with E-state index in [4.69, 9.17) is 15.7 Å². The Bertz CT molecular complexity index is 487. The molecule has 0 atom stereocenters. The van der Waals surface area contributed by atoms with E-state index in [1.54, 1.807) is 0 Å². The molecule has 0 saturated heterocycles. The van der Waals surface area contributed by atoms with E-state index in [9.17, 15) is 0 Å². The molecule has 0 aromatic carbocycles. The minimum absolute atomic E-state index is 0.241. The summed E-state index contributed by atoms with van der Waals surface area (Å²) < 4.78 is 5.97.